The van der Waals surface area contributed by atoms with Crippen molar-refractivity contribution in [1.29, 1.82) is 0 Å². The van der Waals surface area contributed by atoms with Crippen molar-refractivity contribution in [2.45, 2.75) is 6.92 Å². The quantitative estimate of drug-likeness (QED) is 0.583. The molecule has 0 unspecified atom stereocenters. The molecule has 0 saturated carbocycles. The highest BCUT2D eigenvalue weighted by atomic mass is 31.2. The minimum absolute atomic E-state index is 0.892. The molecule has 0 spiro atoms. The van der Waals surface area contributed by atoms with E-state index in [2.05, 4.69) is 0 Å². The first kappa shape index (κ1) is 11.2. The fourth-order valence-corrected chi connectivity index (χ4v) is 3.87. The Balaban J connectivity index is 2.54. The molecule has 16 heavy (non-hydrogen) atoms. The zero-order chi connectivity index (χ0) is 11.4. The number of rotatable bonds is 3. The predicted octanol–water partition coefficient (Wildman–Crippen LogP) is 3.18. The average molecular weight is 229 g/mol. The third-order valence-electron chi connectivity index (χ3n) is 2.64. The fourth-order valence-electron chi connectivity index (χ4n) is 1.75. The molecular weight excluding hydrogens is 215 g/mol. The second-order valence-electron chi connectivity index (χ2n) is 3.59. The molecule has 82 valence electrons. The second-order valence-corrected chi connectivity index (χ2v) is 6.45. The van der Waals surface area contributed by atoms with E-state index in [0.717, 1.165) is 10.6 Å². The molecule has 0 N–H and O–H groups in total. The van der Waals surface area contributed by atoms with Crippen molar-refractivity contribution in [1.82, 2.24) is 0 Å². The third kappa shape index (κ3) is 1.96. The Kier molecular flexibility index (Phi) is 3.26. The molecule has 0 atom stereocenters. The number of hydrogen-bond acceptors (Lipinski definition) is 1. The van der Waals surface area contributed by atoms with Gasteiger partial charge in [-0.15, -0.1) is 0 Å². The van der Waals surface area contributed by atoms with E-state index in [1.807, 2.05) is 73.7 Å². The summed E-state index contributed by atoms with van der Waals surface area (Å²) in [6.07, 6.45) is 1.82. The summed E-state index contributed by atoms with van der Waals surface area (Å²) < 4.78 is 12.9. The Morgan fingerprint density at radius 3 is 1.50 bits per heavy atom. The number of benzene rings is 2. The lowest BCUT2D eigenvalue weighted by atomic mass is 10.4. The van der Waals surface area contributed by atoms with Gasteiger partial charge >= 0.3 is 0 Å². The molecule has 0 aliphatic carbocycles. The molecule has 2 aromatic rings. The molecular formula is C14H14OP-. The Hall–Kier alpha value is -1.33. The van der Waals surface area contributed by atoms with Crippen LogP contribution in [0.15, 0.2) is 60.7 Å². The standard InChI is InChI=1S/C14H14OP/c1-2-16(15,13-9-5-3-6-10-13)14-11-7-4-8-12-14/h2-12H,1H3/q-1. The molecule has 0 aliphatic heterocycles. The van der Waals surface area contributed by atoms with Crippen LogP contribution >= 0.6 is 7.14 Å². The van der Waals surface area contributed by atoms with Crippen LogP contribution in [0.3, 0.4) is 0 Å². The number of hydrogen-bond donors (Lipinski definition) is 0. The smallest absolute Gasteiger partial charge is 0.00992 e. The van der Waals surface area contributed by atoms with Crippen molar-refractivity contribution < 1.29 is 4.57 Å². The van der Waals surface area contributed by atoms with E-state index in [9.17, 15) is 4.57 Å². The van der Waals surface area contributed by atoms with Gasteiger partial charge in [-0.3, -0.25) is 6.16 Å². The maximum absolute atomic E-state index is 12.9. The highest BCUT2D eigenvalue weighted by Gasteiger charge is 2.15. The van der Waals surface area contributed by atoms with Gasteiger partial charge in [-0.1, -0.05) is 60.7 Å². The maximum Gasteiger partial charge on any atom is 0.00992 e. The summed E-state index contributed by atoms with van der Waals surface area (Å²) in [6, 6.07) is 19.3. The third-order valence-corrected chi connectivity index (χ3v) is 5.50. The van der Waals surface area contributed by atoms with Crippen LogP contribution in [0.2, 0.25) is 0 Å². The van der Waals surface area contributed by atoms with Gasteiger partial charge in [-0.25, -0.2) is 0 Å². The monoisotopic (exact) mass is 229 g/mol. The summed E-state index contributed by atoms with van der Waals surface area (Å²) in [5.74, 6) is 0. The van der Waals surface area contributed by atoms with Crippen LogP contribution in [0, 0.1) is 6.16 Å². The van der Waals surface area contributed by atoms with E-state index < -0.39 is 7.14 Å². The molecule has 2 heteroatoms. The van der Waals surface area contributed by atoms with Crippen molar-refractivity contribution >= 4 is 17.8 Å². The summed E-state index contributed by atoms with van der Waals surface area (Å²) in [7, 11) is -2.53. The van der Waals surface area contributed by atoms with Crippen LogP contribution in [0.4, 0.5) is 0 Å². The summed E-state index contributed by atoms with van der Waals surface area (Å²) in [6.45, 7) is 1.86. The Morgan fingerprint density at radius 1 is 0.812 bits per heavy atom. The Morgan fingerprint density at radius 2 is 1.19 bits per heavy atom. The Bertz CT molecular complexity index is 447. The van der Waals surface area contributed by atoms with Crippen LogP contribution in [0.5, 0.6) is 0 Å². The van der Waals surface area contributed by atoms with Crippen LogP contribution in [0.1, 0.15) is 6.92 Å². The molecule has 0 saturated heterocycles. The summed E-state index contributed by atoms with van der Waals surface area (Å²) in [5.41, 5.74) is 0. The van der Waals surface area contributed by atoms with Crippen LogP contribution in [-0.2, 0) is 4.57 Å². The minimum Gasteiger partial charge on any atom is -0.348 e. The van der Waals surface area contributed by atoms with Gasteiger partial charge in [0.15, 0.2) is 0 Å². The average Bonchev–Trinajstić information content (AvgIpc) is 2.40. The van der Waals surface area contributed by atoms with Crippen LogP contribution < -0.4 is 10.6 Å². The minimum atomic E-state index is -2.53. The van der Waals surface area contributed by atoms with Crippen molar-refractivity contribution in [3.8, 4) is 0 Å². The molecule has 0 aliphatic rings. The molecule has 0 aromatic heterocycles. The summed E-state index contributed by atoms with van der Waals surface area (Å²) in [4.78, 5) is 0. The molecule has 1 nitrogen and oxygen atoms in total. The molecule has 0 radical (unpaired) electrons. The molecule has 0 amide bonds. The van der Waals surface area contributed by atoms with E-state index in [1.165, 1.54) is 0 Å². The van der Waals surface area contributed by atoms with Gasteiger partial charge in [0.2, 0.25) is 0 Å². The van der Waals surface area contributed by atoms with E-state index >= 15 is 0 Å². The topological polar surface area (TPSA) is 17.1 Å². The lowest BCUT2D eigenvalue weighted by Crippen LogP contribution is -2.15. The van der Waals surface area contributed by atoms with Crippen molar-refractivity contribution in [3.05, 3.63) is 66.8 Å². The molecule has 2 rings (SSSR count). The van der Waals surface area contributed by atoms with Crippen molar-refractivity contribution in [2.75, 3.05) is 0 Å². The largest absolute Gasteiger partial charge is 0.348 e. The maximum atomic E-state index is 12.9. The second kappa shape index (κ2) is 4.67. The fraction of sp³-hybridized carbons (Fsp3) is 0.0714. The van der Waals surface area contributed by atoms with E-state index in [-0.39, 0.29) is 0 Å². The van der Waals surface area contributed by atoms with Crippen molar-refractivity contribution in [2.24, 2.45) is 0 Å². The summed E-state index contributed by atoms with van der Waals surface area (Å²) >= 11 is 0. The van der Waals surface area contributed by atoms with Crippen LogP contribution in [-0.4, -0.2) is 0 Å². The van der Waals surface area contributed by atoms with E-state index in [1.54, 1.807) is 0 Å². The van der Waals surface area contributed by atoms with Gasteiger partial charge < -0.3 is 4.57 Å². The first-order chi connectivity index (χ1) is 7.77. The summed E-state index contributed by atoms with van der Waals surface area (Å²) in [5, 5.41) is 1.78. The van der Waals surface area contributed by atoms with Gasteiger partial charge in [-0.05, 0) is 10.6 Å². The lowest BCUT2D eigenvalue weighted by Gasteiger charge is -2.25. The SMILES string of the molecule is C[CH-]P(=O)(c1ccccc1)c1ccccc1. The molecule has 0 heterocycles. The van der Waals surface area contributed by atoms with E-state index in [0.29, 0.717) is 0 Å². The van der Waals surface area contributed by atoms with Gasteiger partial charge in [0, 0.05) is 7.14 Å². The van der Waals surface area contributed by atoms with Gasteiger partial charge in [0.05, 0.1) is 0 Å². The highest BCUT2D eigenvalue weighted by molar-refractivity contribution is 7.80. The molecule has 2 aromatic carbocycles. The normalized spacial score (nSPS) is 11.3. The van der Waals surface area contributed by atoms with Crippen molar-refractivity contribution in [3.63, 3.8) is 0 Å². The molecule has 0 bridgehead atoms. The first-order valence-corrected chi connectivity index (χ1v) is 7.06. The van der Waals surface area contributed by atoms with Gasteiger partial charge in [0.1, 0.15) is 0 Å². The highest BCUT2D eigenvalue weighted by Crippen LogP contribution is 2.45. The van der Waals surface area contributed by atoms with Gasteiger partial charge in [-0.2, -0.15) is 6.92 Å². The zero-order valence-electron chi connectivity index (χ0n) is 9.21. The van der Waals surface area contributed by atoms with Gasteiger partial charge in [0.25, 0.3) is 0 Å². The first-order valence-electron chi connectivity index (χ1n) is 5.29. The van der Waals surface area contributed by atoms with E-state index in [4.69, 9.17) is 0 Å². The molecule has 0 fully saturated rings. The zero-order valence-corrected chi connectivity index (χ0v) is 10.1. The Labute approximate surface area is 96.5 Å². The lowest BCUT2D eigenvalue weighted by molar-refractivity contribution is 0.590. The predicted molar refractivity (Wildman–Crippen MR) is 69.7 cm³/mol. The van der Waals surface area contributed by atoms with Crippen LogP contribution in [0.25, 0.3) is 0 Å².